The molecule has 0 fully saturated rings. The fourth-order valence-corrected chi connectivity index (χ4v) is 1.12. The minimum Gasteiger partial charge on any atom is -0.391 e. The molecule has 0 saturated carbocycles. The van der Waals surface area contributed by atoms with Crippen molar-refractivity contribution >= 4 is 17.2 Å². The van der Waals surface area contributed by atoms with Gasteiger partial charge in [-0.05, 0) is 12.8 Å². The van der Waals surface area contributed by atoms with Crippen molar-refractivity contribution in [3.05, 3.63) is 0 Å². The first-order chi connectivity index (χ1) is 4.59. The van der Waals surface area contributed by atoms with E-state index >= 15 is 0 Å². The van der Waals surface area contributed by atoms with Crippen molar-refractivity contribution in [1.29, 1.82) is 0 Å². The first-order valence-electron chi connectivity index (χ1n) is 3.50. The van der Waals surface area contributed by atoms with Gasteiger partial charge in [-0.1, -0.05) is 26.1 Å². The molecule has 0 heterocycles. The lowest BCUT2D eigenvalue weighted by Gasteiger charge is -2.18. The topological polar surface area (TPSA) is 35.2 Å². The Hall–Kier alpha value is -0.150. The summed E-state index contributed by atoms with van der Waals surface area (Å²) in [5, 5.41) is 0. The molecule has 2 nitrogen and oxygen atoms in total. The van der Waals surface area contributed by atoms with Gasteiger partial charge in [-0.15, -0.1) is 0 Å². The van der Waals surface area contributed by atoms with Crippen LogP contribution < -0.4 is 5.73 Å². The summed E-state index contributed by atoms with van der Waals surface area (Å²) in [6.07, 6.45) is -0.0556. The molecule has 0 rings (SSSR count). The standard InChI is InChI=1S/C7H15NOS/c1-4-9-6(5(2)3)7(8)10/h5-6H,4H2,1-3H3,(H2,8,10)/t6-/m1/s1. The second kappa shape index (κ2) is 4.63. The summed E-state index contributed by atoms with van der Waals surface area (Å²) >= 11 is 4.81. The molecule has 0 amide bonds. The maximum Gasteiger partial charge on any atom is 0.109 e. The zero-order valence-electron chi connectivity index (χ0n) is 6.76. The Bertz CT molecular complexity index is 114. The van der Waals surface area contributed by atoms with Gasteiger partial charge < -0.3 is 10.5 Å². The number of ether oxygens (including phenoxy) is 1. The van der Waals surface area contributed by atoms with E-state index in [0.717, 1.165) is 0 Å². The maximum atomic E-state index is 5.43. The molecular formula is C7H15NOS. The molecule has 0 aromatic rings. The lowest BCUT2D eigenvalue weighted by Crippen LogP contribution is -2.33. The summed E-state index contributed by atoms with van der Waals surface area (Å²) in [7, 11) is 0. The first-order valence-corrected chi connectivity index (χ1v) is 3.91. The minimum atomic E-state index is -0.0556. The SMILES string of the molecule is CCO[C@@H](C(N)=S)C(C)C. The predicted molar refractivity (Wildman–Crippen MR) is 47.0 cm³/mol. The average molecular weight is 161 g/mol. The molecular weight excluding hydrogens is 146 g/mol. The minimum absolute atomic E-state index is 0.0556. The van der Waals surface area contributed by atoms with Crippen molar-refractivity contribution in [2.45, 2.75) is 26.9 Å². The van der Waals surface area contributed by atoms with E-state index in [9.17, 15) is 0 Å². The molecule has 0 aliphatic carbocycles. The Kier molecular flexibility index (Phi) is 4.56. The van der Waals surface area contributed by atoms with Crippen molar-refractivity contribution < 1.29 is 4.74 Å². The Labute approximate surface area is 67.7 Å². The monoisotopic (exact) mass is 161 g/mol. The van der Waals surface area contributed by atoms with Crippen molar-refractivity contribution in [2.24, 2.45) is 11.7 Å². The number of nitrogens with two attached hydrogens (primary N) is 1. The van der Waals surface area contributed by atoms with Crippen LogP contribution in [0.3, 0.4) is 0 Å². The molecule has 2 N–H and O–H groups in total. The second-order valence-corrected chi connectivity index (χ2v) is 2.99. The van der Waals surface area contributed by atoms with Gasteiger partial charge in [0.15, 0.2) is 0 Å². The van der Waals surface area contributed by atoms with Crippen molar-refractivity contribution in [1.82, 2.24) is 0 Å². The summed E-state index contributed by atoms with van der Waals surface area (Å²) < 4.78 is 5.30. The van der Waals surface area contributed by atoms with Crippen LogP contribution in [-0.2, 0) is 4.74 Å². The molecule has 0 aromatic carbocycles. The normalized spacial score (nSPS) is 13.6. The van der Waals surface area contributed by atoms with E-state index in [1.807, 2.05) is 20.8 Å². The highest BCUT2D eigenvalue weighted by molar-refractivity contribution is 7.80. The summed E-state index contributed by atoms with van der Waals surface area (Å²) in [5.41, 5.74) is 5.43. The van der Waals surface area contributed by atoms with E-state index in [-0.39, 0.29) is 6.10 Å². The third kappa shape index (κ3) is 3.13. The smallest absolute Gasteiger partial charge is 0.109 e. The summed E-state index contributed by atoms with van der Waals surface area (Å²) in [6.45, 7) is 6.69. The molecule has 0 radical (unpaired) electrons. The molecule has 0 aromatic heterocycles. The molecule has 0 unspecified atom stereocenters. The van der Waals surface area contributed by atoms with Crippen molar-refractivity contribution in [2.75, 3.05) is 6.61 Å². The van der Waals surface area contributed by atoms with Gasteiger partial charge in [-0.25, -0.2) is 0 Å². The van der Waals surface area contributed by atoms with Crippen LogP contribution in [0, 0.1) is 5.92 Å². The second-order valence-electron chi connectivity index (χ2n) is 2.52. The van der Waals surface area contributed by atoms with Gasteiger partial charge in [-0.2, -0.15) is 0 Å². The number of hydrogen-bond acceptors (Lipinski definition) is 2. The van der Waals surface area contributed by atoms with Gasteiger partial charge in [0.1, 0.15) is 11.1 Å². The zero-order chi connectivity index (χ0) is 8.15. The van der Waals surface area contributed by atoms with Gasteiger partial charge in [-0.3, -0.25) is 0 Å². The summed E-state index contributed by atoms with van der Waals surface area (Å²) in [6, 6.07) is 0. The van der Waals surface area contributed by atoms with Crippen LogP contribution in [0.15, 0.2) is 0 Å². The highest BCUT2D eigenvalue weighted by Crippen LogP contribution is 2.06. The van der Waals surface area contributed by atoms with Crippen LogP contribution >= 0.6 is 12.2 Å². The molecule has 0 saturated heterocycles. The fourth-order valence-electron chi connectivity index (χ4n) is 0.783. The van der Waals surface area contributed by atoms with Gasteiger partial charge in [0, 0.05) is 6.61 Å². The van der Waals surface area contributed by atoms with Gasteiger partial charge in [0.25, 0.3) is 0 Å². The average Bonchev–Trinajstić information content (AvgIpc) is 1.81. The van der Waals surface area contributed by atoms with E-state index in [1.165, 1.54) is 0 Å². The highest BCUT2D eigenvalue weighted by Gasteiger charge is 2.15. The highest BCUT2D eigenvalue weighted by atomic mass is 32.1. The molecule has 60 valence electrons. The van der Waals surface area contributed by atoms with Gasteiger partial charge in [0.05, 0.1) is 0 Å². The number of hydrogen-bond donors (Lipinski definition) is 1. The van der Waals surface area contributed by atoms with Crippen LogP contribution in [-0.4, -0.2) is 17.7 Å². The molecule has 0 aliphatic rings. The van der Waals surface area contributed by atoms with Crippen LogP contribution in [0.1, 0.15) is 20.8 Å². The molecule has 0 bridgehead atoms. The van der Waals surface area contributed by atoms with E-state index < -0.39 is 0 Å². The maximum absolute atomic E-state index is 5.43. The van der Waals surface area contributed by atoms with Crippen LogP contribution in [0.2, 0.25) is 0 Å². The van der Waals surface area contributed by atoms with Crippen LogP contribution in [0.25, 0.3) is 0 Å². The summed E-state index contributed by atoms with van der Waals surface area (Å²) in [5.74, 6) is 0.373. The molecule has 0 aliphatic heterocycles. The van der Waals surface area contributed by atoms with E-state index in [2.05, 4.69) is 0 Å². The quantitative estimate of drug-likeness (QED) is 0.632. The Balaban J connectivity index is 3.85. The van der Waals surface area contributed by atoms with Gasteiger partial charge in [0.2, 0.25) is 0 Å². The Morgan fingerprint density at radius 3 is 2.20 bits per heavy atom. The number of rotatable bonds is 4. The summed E-state index contributed by atoms with van der Waals surface area (Å²) in [4.78, 5) is 0.455. The Morgan fingerprint density at radius 2 is 2.10 bits per heavy atom. The third-order valence-corrected chi connectivity index (χ3v) is 1.46. The molecule has 1 atom stereocenters. The zero-order valence-corrected chi connectivity index (χ0v) is 7.57. The molecule has 0 spiro atoms. The molecule has 3 heteroatoms. The van der Waals surface area contributed by atoms with Crippen molar-refractivity contribution in [3.63, 3.8) is 0 Å². The van der Waals surface area contributed by atoms with E-state index in [4.69, 9.17) is 22.7 Å². The van der Waals surface area contributed by atoms with Crippen LogP contribution in [0.4, 0.5) is 0 Å². The lowest BCUT2D eigenvalue weighted by atomic mass is 10.1. The van der Waals surface area contributed by atoms with E-state index in [0.29, 0.717) is 17.5 Å². The third-order valence-electron chi connectivity index (χ3n) is 1.23. The first kappa shape index (κ1) is 9.85. The van der Waals surface area contributed by atoms with Crippen LogP contribution in [0.5, 0.6) is 0 Å². The largest absolute Gasteiger partial charge is 0.391 e. The predicted octanol–water partition coefficient (Wildman–Crippen LogP) is 1.33. The fraction of sp³-hybridized carbons (Fsp3) is 0.857. The molecule has 10 heavy (non-hydrogen) atoms. The van der Waals surface area contributed by atoms with Crippen molar-refractivity contribution in [3.8, 4) is 0 Å². The Morgan fingerprint density at radius 1 is 1.60 bits per heavy atom. The van der Waals surface area contributed by atoms with E-state index in [1.54, 1.807) is 0 Å². The number of thiocarbonyl (C=S) groups is 1. The lowest BCUT2D eigenvalue weighted by molar-refractivity contribution is 0.0792. The van der Waals surface area contributed by atoms with Gasteiger partial charge >= 0.3 is 0 Å².